The van der Waals surface area contributed by atoms with Gasteiger partial charge in [0.25, 0.3) is 5.69 Å². The SMILES string of the molecule is CC(C)n1cc(C(=O)/C=C/c2ccc([N+](=O)[O-])cc2)cn1. The van der Waals surface area contributed by atoms with Crippen molar-refractivity contribution >= 4 is 17.5 Å². The molecule has 0 aliphatic carbocycles. The zero-order valence-electron chi connectivity index (χ0n) is 11.8. The number of hydrogen-bond donors (Lipinski definition) is 0. The summed E-state index contributed by atoms with van der Waals surface area (Å²) in [7, 11) is 0. The predicted molar refractivity (Wildman–Crippen MR) is 79.1 cm³/mol. The highest BCUT2D eigenvalue weighted by atomic mass is 16.6. The van der Waals surface area contributed by atoms with Gasteiger partial charge in [0, 0.05) is 24.4 Å². The van der Waals surface area contributed by atoms with Gasteiger partial charge < -0.3 is 0 Å². The number of hydrogen-bond acceptors (Lipinski definition) is 4. The highest BCUT2D eigenvalue weighted by Crippen LogP contribution is 2.13. The molecule has 0 atom stereocenters. The van der Waals surface area contributed by atoms with Gasteiger partial charge >= 0.3 is 0 Å². The topological polar surface area (TPSA) is 78.0 Å². The molecule has 0 spiro atoms. The molecule has 0 bridgehead atoms. The minimum atomic E-state index is -0.459. The molecule has 21 heavy (non-hydrogen) atoms. The van der Waals surface area contributed by atoms with Crippen LogP contribution in [-0.4, -0.2) is 20.5 Å². The van der Waals surface area contributed by atoms with Crippen molar-refractivity contribution in [1.29, 1.82) is 0 Å². The molecule has 0 fully saturated rings. The van der Waals surface area contributed by atoms with Gasteiger partial charge in [-0.25, -0.2) is 0 Å². The van der Waals surface area contributed by atoms with Gasteiger partial charge in [-0.2, -0.15) is 5.10 Å². The summed E-state index contributed by atoms with van der Waals surface area (Å²) in [5, 5.41) is 14.7. The first-order valence-corrected chi connectivity index (χ1v) is 6.48. The standard InChI is InChI=1S/C15H15N3O3/c1-11(2)17-10-13(9-16-17)15(19)8-5-12-3-6-14(7-4-12)18(20)21/h3-11H,1-2H3/b8-5+. The fourth-order valence-electron chi connectivity index (χ4n) is 1.72. The Hall–Kier alpha value is -2.76. The highest BCUT2D eigenvalue weighted by Gasteiger charge is 2.07. The maximum Gasteiger partial charge on any atom is 0.269 e. The number of carbonyl (C=O) groups is 1. The molecule has 0 aliphatic rings. The van der Waals surface area contributed by atoms with Gasteiger partial charge in [0.05, 0.1) is 16.7 Å². The van der Waals surface area contributed by atoms with Crippen LogP contribution in [0.25, 0.3) is 6.08 Å². The molecule has 6 heteroatoms. The van der Waals surface area contributed by atoms with E-state index >= 15 is 0 Å². The molecule has 0 unspecified atom stereocenters. The highest BCUT2D eigenvalue weighted by molar-refractivity contribution is 6.06. The summed E-state index contributed by atoms with van der Waals surface area (Å²) < 4.78 is 1.72. The molecule has 2 rings (SSSR count). The van der Waals surface area contributed by atoms with Crippen molar-refractivity contribution in [3.8, 4) is 0 Å². The van der Waals surface area contributed by atoms with Crippen molar-refractivity contribution in [2.75, 3.05) is 0 Å². The second-order valence-corrected chi connectivity index (χ2v) is 4.85. The normalized spacial score (nSPS) is 11.2. The number of rotatable bonds is 5. The number of aromatic nitrogens is 2. The molecule has 0 amide bonds. The zero-order valence-corrected chi connectivity index (χ0v) is 11.8. The van der Waals surface area contributed by atoms with Gasteiger partial charge in [-0.3, -0.25) is 19.6 Å². The van der Waals surface area contributed by atoms with Crippen LogP contribution in [0.5, 0.6) is 0 Å². The maximum atomic E-state index is 12.0. The molecular formula is C15H15N3O3. The van der Waals surface area contributed by atoms with Gasteiger partial charge in [0.1, 0.15) is 0 Å². The predicted octanol–water partition coefficient (Wildman–Crippen LogP) is 3.27. The largest absolute Gasteiger partial charge is 0.289 e. The molecular weight excluding hydrogens is 270 g/mol. The number of carbonyl (C=O) groups excluding carboxylic acids is 1. The summed E-state index contributed by atoms with van der Waals surface area (Å²) in [5.41, 5.74) is 1.27. The van der Waals surface area contributed by atoms with E-state index in [9.17, 15) is 14.9 Å². The Labute approximate surface area is 121 Å². The first kappa shape index (κ1) is 14.6. The Morgan fingerprint density at radius 2 is 2.00 bits per heavy atom. The number of non-ortho nitro benzene ring substituents is 1. The summed E-state index contributed by atoms with van der Waals surface area (Å²) >= 11 is 0. The Morgan fingerprint density at radius 3 is 2.52 bits per heavy atom. The van der Waals surface area contributed by atoms with Gasteiger partial charge in [0.15, 0.2) is 5.78 Å². The lowest BCUT2D eigenvalue weighted by Gasteiger charge is -2.02. The molecule has 6 nitrogen and oxygen atoms in total. The van der Waals surface area contributed by atoms with Gasteiger partial charge in [-0.05, 0) is 37.6 Å². The molecule has 0 saturated heterocycles. The minimum absolute atomic E-state index is 0.0247. The molecule has 0 aliphatic heterocycles. The van der Waals surface area contributed by atoms with Crippen LogP contribution < -0.4 is 0 Å². The summed E-state index contributed by atoms with van der Waals surface area (Å²) in [6.07, 6.45) is 6.29. The lowest BCUT2D eigenvalue weighted by Crippen LogP contribution is -2.00. The van der Waals surface area contributed by atoms with Crippen molar-refractivity contribution in [3.63, 3.8) is 0 Å². The molecule has 0 radical (unpaired) electrons. The molecule has 0 N–H and O–H groups in total. The number of ketones is 1. The number of nitro benzene ring substituents is 1. The average Bonchev–Trinajstić information content (AvgIpc) is 2.95. The van der Waals surface area contributed by atoms with E-state index in [0.717, 1.165) is 5.56 Å². The summed E-state index contributed by atoms with van der Waals surface area (Å²) in [5.74, 6) is -0.153. The summed E-state index contributed by atoms with van der Waals surface area (Å²) in [4.78, 5) is 22.1. The van der Waals surface area contributed by atoms with E-state index in [2.05, 4.69) is 5.10 Å². The van der Waals surface area contributed by atoms with Crippen molar-refractivity contribution in [2.24, 2.45) is 0 Å². The molecule has 2 aromatic rings. The Morgan fingerprint density at radius 1 is 1.33 bits per heavy atom. The third-order valence-corrected chi connectivity index (χ3v) is 2.95. The van der Waals surface area contributed by atoms with Crippen LogP contribution in [0.2, 0.25) is 0 Å². The van der Waals surface area contributed by atoms with Gasteiger partial charge in [-0.1, -0.05) is 6.08 Å². The van der Waals surface area contributed by atoms with E-state index < -0.39 is 4.92 Å². The number of nitro groups is 1. The van der Waals surface area contributed by atoms with Gasteiger partial charge in [0.2, 0.25) is 0 Å². The zero-order chi connectivity index (χ0) is 15.4. The molecule has 0 saturated carbocycles. The van der Waals surface area contributed by atoms with E-state index in [-0.39, 0.29) is 17.5 Å². The van der Waals surface area contributed by atoms with Crippen LogP contribution in [0, 0.1) is 10.1 Å². The number of nitrogens with zero attached hydrogens (tertiary/aromatic N) is 3. The van der Waals surface area contributed by atoms with Gasteiger partial charge in [-0.15, -0.1) is 0 Å². The molecule has 1 heterocycles. The molecule has 1 aromatic carbocycles. The lowest BCUT2D eigenvalue weighted by atomic mass is 10.1. The first-order chi connectivity index (χ1) is 9.97. The fourth-order valence-corrected chi connectivity index (χ4v) is 1.72. The quantitative estimate of drug-likeness (QED) is 0.365. The second-order valence-electron chi connectivity index (χ2n) is 4.85. The van der Waals surface area contributed by atoms with E-state index in [1.165, 1.54) is 24.4 Å². The number of benzene rings is 1. The van der Waals surface area contributed by atoms with Crippen molar-refractivity contribution in [2.45, 2.75) is 19.9 Å². The van der Waals surface area contributed by atoms with Crippen LogP contribution in [-0.2, 0) is 0 Å². The van der Waals surface area contributed by atoms with E-state index in [1.807, 2.05) is 13.8 Å². The third kappa shape index (κ3) is 3.62. The summed E-state index contributed by atoms with van der Waals surface area (Å²) in [6.45, 7) is 3.96. The van der Waals surface area contributed by atoms with E-state index in [4.69, 9.17) is 0 Å². The van der Waals surface area contributed by atoms with Crippen LogP contribution in [0.4, 0.5) is 5.69 Å². The molecule has 108 valence electrons. The van der Waals surface area contributed by atoms with Crippen molar-refractivity contribution < 1.29 is 9.72 Å². The van der Waals surface area contributed by atoms with Crippen LogP contribution >= 0.6 is 0 Å². The first-order valence-electron chi connectivity index (χ1n) is 6.48. The van der Waals surface area contributed by atoms with Crippen molar-refractivity contribution in [1.82, 2.24) is 9.78 Å². The summed E-state index contributed by atoms with van der Waals surface area (Å²) in [6, 6.07) is 6.20. The van der Waals surface area contributed by atoms with Crippen LogP contribution in [0.3, 0.4) is 0 Å². The number of allylic oxidation sites excluding steroid dienone is 1. The van der Waals surface area contributed by atoms with E-state index in [0.29, 0.717) is 5.56 Å². The second kappa shape index (κ2) is 6.13. The minimum Gasteiger partial charge on any atom is -0.289 e. The van der Waals surface area contributed by atoms with E-state index in [1.54, 1.807) is 29.1 Å². The third-order valence-electron chi connectivity index (χ3n) is 2.95. The lowest BCUT2D eigenvalue weighted by molar-refractivity contribution is -0.384. The van der Waals surface area contributed by atoms with Crippen LogP contribution in [0.15, 0.2) is 42.7 Å². The smallest absolute Gasteiger partial charge is 0.269 e. The Balaban J connectivity index is 2.09. The average molecular weight is 285 g/mol. The van der Waals surface area contributed by atoms with Crippen LogP contribution in [0.1, 0.15) is 35.8 Å². The monoisotopic (exact) mass is 285 g/mol. The Kier molecular flexibility index (Phi) is 4.27. The maximum absolute atomic E-state index is 12.0. The Bertz CT molecular complexity index is 684. The molecule has 1 aromatic heterocycles. The van der Waals surface area contributed by atoms with Crippen molar-refractivity contribution in [3.05, 3.63) is 64.0 Å². The fraction of sp³-hybridized carbons (Fsp3) is 0.200.